The largest absolute Gasteiger partial charge is 0.307 e. The molecule has 0 radical (unpaired) electrons. The Hall–Kier alpha value is -8.57. The van der Waals surface area contributed by atoms with E-state index in [1.807, 2.05) is 155 Å². The molecule has 0 atom stereocenters. The highest BCUT2D eigenvalue weighted by atomic mass is 28.3. The summed E-state index contributed by atoms with van der Waals surface area (Å²) in [6.45, 7) is 13.8. The van der Waals surface area contributed by atoms with E-state index in [1.165, 1.54) is 10.4 Å². The van der Waals surface area contributed by atoms with Crippen molar-refractivity contribution in [1.29, 1.82) is 0 Å². The maximum atomic E-state index is 17.1. The highest BCUT2D eigenvalue weighted by Crippen LogP contribution is 2.49. The van der Waals surface area contributed by atoms with Crippen molar-refractivity contribution in [1.82, 2.24) is 0 Å². The summed E-state index contributed by atoms with van der Waals surface area (Å²) >= 11 is 0. The van der Waals surface area contributed by atoms with Crippen LogP contribution in [0.25, 0.3) is 76.8 Å². The van der Waals surface area contributed by atoms with Crippen LogP contribution in [-0.4, -0.2) is 16.1 Å². The summed E-state index contributed by atoms with van der Waals surface area (Å²) < 4.78 is 66.9. The molecule has 0 aromatic heterocycles. The van der Waals surface area contributed by atoms with Crippen molar-refractivity contribution in [3.63, 3.8) is 0 Å². The maximum Gasteiger partial charge on any atom is 0.150 e. The monoisotopic (exact) mass is 1060 g/mol. The molecule has 0 amide bonds. The van der Waals surface area contributed by atoms with Gasteiger partial charge in [0.2, 0.25) is 0 Å². The highest BCUT2D eigenvalue weighted by molar-refractivity contribution is 6.89. The minimum atomic E-state index is -1.75. The van der Waals surface area contributed by atoms with Gasteiger partial charge in [0, 0.05) is 45.4 Å². The third-order valence-electron chi connectivity index (χ3n) is 15.2. The van der Waals surface area contributed by atoms with Crippen molar-refractivity contribution in [3.8, 4) is 44.5 Å². The molecule has 12 aromatic carbocycles. The molecule has 0 N–H and O–H groups in total. The van der Waals surface area contributed by atoms with Gasteiger partial charge in [-0.1, -0.05) is 207 Å². The molecule has 12 rings (SSSR count). The Morgan fingerprint density at radius 3 is 1.00 bits per heavy atom. The lowest BCUT2D eigenvalue weighted by Gasteiger charge is -2.30. The van der Waals surface area contributed by atoms with Crippen LogP contribution in [0, 0.1) is 23.3 Å². The summed E-state index contributed by atoms with van der Waals surface area (Å²) in [6, 6.07) is 73.7. The molecule has 2 nitrogen and oxygen atoms in total. The number of anilines is 6. The summed E-state index contributed by atoms with van der Waals surface area (Å²) in [6.07, 6.45) is 0. The third-order valence-corrected chi connectivity index (χ3v) is 19.3. The summed E-state index contributed by atoms with van der Waals surface area (Å²) in [4.78, 5) is 3.82. The van der Waals surface area contributed by atoms with Gasteiger partial charge < -0.3 is 9.80 Å². The SMILES string of the molecule is C[Si](C)(C)c1ccc(N(c2cc(-c3cccc(-c4ccccc4)c3)c(F)cc2F)c2ccc3ccc4c(N(c5ccc([Si](C)(C)C)cc5)c5cc(-c6cccc(-c7ccccc7)c6)c(F)cc5F)ccc5ccc2c3c54)cc1. The van der Waals surface area contributed by atoms with Gasteiger partial charge in [-0.15, -0.1) is 0 Å². The number of benzene rings is 12. The molecule has 0 spiro atoms. The smallest absolute Gasteiger partial charge is 0.150 e. The first-order valence-corrected chi connectivity index (χ1v) is 33.4. The van der Waals surface area contributed by atoms with Gasteiger partial charge in [0.1, 0.15) is 23.3 Å². The topological polar surface area (TPSA) is 6.48 Å². The average Bonchev–Trinajstić information content (AvgIpc) is 3.64. The van der Waals surface area contributed by atoms with Crippen molar-refractivity contribution in [3.05, 3.63) is 254 Å². The first kappa shape index (κ1) is 50.3. The first-order valence-electron chi connectivity index (χ1n) is 26.4. The van der Waals surface area contributed by atoms with Crippen molar-refractivity contribution >= 4 is 93.0 Å². The van der Waals surface area contributed by atoms with E-state index < -0.39 is 39.4 Å². The van der Waals surface area contributed by atoms with Gasteiger partial charge in [0.05, 0.1) is 38.9 Å². The number of rotatable bonds is 12. The van der Waals surface area contributed by atoms with Gasteiger partial charge in [0.15, 0.2) is 0 Å². The van der Waals surface area contributed by atoms with E-state index in [4.69, 9.17) is 0 Å². The van der Waals surface area contributed by atoms with Crippen LogP contribution in [0.15, 0.2) is 231 Å². The summed E-state index contributed by atoms with van der Waals surface area (Å²) in [5.74, 6) is -2.74. The van der Waals surface area contributed by atoms with Gasteiger partial charge in [0.25, 0.3) is 0 Å². The molecule has 0 aliphatic carbocycles. The summed E-state index contributed by atoms with van der Waals surface area (Å²) in [5, 5.41) is 7.94. The fourth-order valence-corrected chi connectivity index (χ4v) is 13.4. The quantitative estimate of drug-likeness (QED) is 0.0683. The molecule has 0 aliphatic rings. The van der Waals surface area contributed by atoms with Crippen molar-refractivity contribution in [2.75, 3.05) is 9.80 Å². The predicted octanol–water partition coefficient (Wildman–Crippen LogP) is 19.8. The molecule has 0 saturated heterocycles. The number of hydrogen-bond donors (Lipinski definition) is 0. The molecule has 382 valence electrons. The van der Waals surface area contributed by atoms with E-state index in [2.05, 4.69) is 99.9 Å². The lowest BCUT2D eigenvalue weighted by Crippen LogP contribution is -2.37. The second kappa shape index (κ2) is 19.8. The Kier molecular flexibility index (Phi) is 12.7. The second-order valence-electron chi connectivity index (χ2n) is 22.3. The van der Waals surface area contributed by atoms with Crippen molar-refractivity contribution in [2.24, 2.45) is 0 Å². The van der Waals surface area contributed by atoms with E-state index in [0.717, 1.165) is 66.7 Å². The molecular formula is C70H56F4N2Si2. The van der Waals surface area contributed by atoms with E-state index in [9.17, 15) is 0 Å². The lowest BCUT2D eigenvalue weighted by atomic mass is 9.91. The average molecular weight is 1060 g/mol. The van der Waals surface area contributed by atoms with Crippen molar-refractivity contribution in [2.45, 2.75) is 39.3 Å². The van der Waals surface area contributed by atoms with Crippen LogP contribution in [0.2, 0.25) is 39.3 Å². The Labute approximate surface area is 455 Å². The number of halogens is 4. The van der Waals surface area contributed by atoms with Crippen LogP contribution >= 0.6 is 0 Å². The van der Waals surface area contributed by atoms with Crippen LogP contribution in [0.4, 0.5) is 51.7 Å². The van der Waals surface area contributed by atoms with Crippen molar-refractivity contribution < 1.29 is 17.6 Å². The fourth-order valence-electron chi connectivity index (χ4n) is 11.1. The van der Waals surface area contributed by atoms with Crippen LogP contribution in [0.1, 0.15) is 0 Å². The van der Waals surface area contributed by atoms with Crippen LogP contribution in [0.3, 0.4) is 0 Å². The summed E-state index contributed by atoms with van der Waals surface area (Å²) in [7, 11) is -3.49. The molecule has 0 fully saturated rings. The molecule has 0 bridgehead atoms. The molecule has 12 aromatic rings. The van der Waals surface area contributed by atoms with Gasteiger partial charge in [-0.05, 0) is 116 Å². The second-order valence-corrected chi connectivity index (χ2v) is 32.5. The van der Waals surface area contributed by atoms with Gasteiger partial charge >= 0.3 is 0 Å². The molecule has 0 heterocycles. The minimum Gasteiger partial charge on any atom is -0.307 e. The fraction of sp³-hybridized carbons (Fsp3) is 0.0857. The number of hydrogen-bond acceptors (Lipinski definition) is 2. The third kappa shape index (κ3) is 9.24. The van der Waals surface area contributed by atoms with Crippen LogP contribution in [-0.2, 0) is 0 Å². The standard InChI is InChI=1S/C70H56F4N2Si2/c1-77(2,3)55-31-27-53(28-32-55)75(67-41-59(61(71)43-63(67)73)51-21-13-19-49(39-51)45-15-9-7-10-16-45)65-37-25-47-24-36-58-66(38-26-48-23-35-57(65)69(47)70(48)58)76(54-29-33-56(34-30-54)78(4,5)6)68-42-60(62(72)44-64(68)74)52-22-14-20-50(40-52)46-17-11-8-12-18-46/h7-44H,1-6H3. The van der Waals surface area contributed by atoms with E-state index in [1.54, 1.807) is 12.1 Å². The normalized spacial score (nSPS) is 12.0. The molecular weight excluding hydrogens is 1000 g/mol. The molecule has 78 heavy (non-hydrogen) atoms. The first-order chi connectivity index (χ1) is 37.6. The molecule has 0 aliphatic heterocycles. The van der Waals surface area contributed by atoms with Gasteiger partial charge in [-0.2, -0.15) is 0 Å². The Bertz CT molecular complexity index is 3930. The van der Waals surface area contributed by atoms with E-state index >= 15 is 17.6 Å². The van der Waals surface area contributed by atoms with Gasteiger partial charge in [-0.25, -0.2) is 17.6 Å². The lowest BCUT2D eigenvalue weighted by molar-refractivity contribution is 0.586. The molecule has 8 heteroatoms. The predicted molar refractivity (Wildman–Crippen MR) is 327 cm³/mol. The van der Waals surface area contributed by atoms with Gasteiger partial charge in [-0.3, -0.25) is 0 Å². The van der Waals surface area contributed by atoms with Crippen LogP contribution < -0.4 is 20.2 Å². The highest BCUT2D eigenvalue weighted by Gasteiger charge is 2.28. The Morgan fingerprint density at radius 1 is 0.282 bits per heavy atom. The zero-order valence-electron chi connectivity index (χ0n) is 44.3. The Morgan fingerprint density at radius 2 is 0.628 bits per heavy atom. The molecule has 0 unspecified atom stereocenters. The zero-order chi connectivity index (χ0) is 54.0. The zero-order valence-corrected chi connectivity index (χ0v) is 46.3. The maximum absolute atomic E-state index is 17.1. The minimum absolute atomic E-state index is 0.192. The number of nitrogens with zero attached hydrogens (tertiary/aromatic N) is 2. The van der Waals surface area contributed by atoms with E-state index in [-0.39, 0.29) is 22.5 Å². The van der Waals surface area contributed by atoms with Crippen LogP contribution in [0.5, 0.6) is 0 Å². The molecule has 0 saturated carbocycles. The Balaban J connectivity index is 1.07. The summed E-state index contributed by atoms with van der Waals surface area (Å²) in [5.41, 5.74) is 8.81. The van der Waals surface area contributed by atoms with E-state index in [0.29, 0.717) is 33.9 Å².